The number of nitrogens with zero attached hydrogens (tertiary/aromatic N) is 1. The molecule has 0 radical (unpaired) electrons. The van der Waals surface area contributed by atoms with Crippen molar-refractivity contribution in [2.24, 2.45) is 0 Å². The summed E-state index contributed by atoms with van der Waals surface area (Å²) in [5.41, 5.74) is 4.05. The monoisotopic (exact) mass is 679 g/mol. The fourth-order valence-corrected chi connectivity index (χ4v) is 5.68. The number of carboxylic acids is 1. The lowest BCUT2D eigenvalue weighted by molar-refractivity contribution is -0.147. The topological polar surface area (TPSA) is 125 Å². The van der Waals surface area contributed by atoms with E-state index in [2.05, 4.69) is 10.6 Å². The van der Waals surface area contributed by atoms with Gasteiger partial charge < -0.3 is 20.1 Å². The lowest BCUT2D eigenvalue weighted by atomic mass is 10.0. The van der Waals surface area contributed by atoms with Crippen molar-refractivity contribution in [3.63, 3.8) is 0 Å². The quantitative estimate of drug-likeness (QED) is 0.208. The van der Waals surface area contributed by atoms with Crippen molar-refractivity contribution < 1.29 is 29.0 Å². The van der Waals surface area contributed by atoms with E-state index in [9.17, 15) is 24.3 Å². The minimum atomic E-state index is -1.15. The Bertz CT molecular complexity index is 1400. The molecule has 240 valence electrons. The van der Waals surface area contributed by atoms with Crippen LogP contribution in [0.4, 0.5) is 0 Å². The molecule has 4 rings (SSSR count). The second-order valence-electron chi connectivity index (χ2n) is 11.2. The van der Waals surface area contributed by atoms with Crippen LogP contribution in [0.3, 0.4) is 0 Å². The van der Waals surface area contributed by atoms with Gasteiger partial charge in [0.2, 0.25) is 11.8 Å². The van der Waals surface area contributed by atoms with Crippen LogP contribution in [0.1, 0.15) is 42.5 Å². The Balaban J connectivity index is 0.00000552. The Kier molecular flexibility index (Phi) is 13.8. The molecule has 0 spiro atoms. The molecule has 2 amide bonds. The molecule has 0 aromatic heterocycles. The van der Waals surface area contributed by atoms with Crippen molar-refractivity contribution in [1.82, 2.24) is 15.5 Å². The van der Waals surface area contributed by atoms with E-state index < -0.39 is 36.0 Å². The zero-order chi connectivity index (χ0) is 31.5. The lowest BCUT2D eigenvalue weighted by Crippen LogP contribution is -2.56. The third kappa shape index (κ3) is 10.3. The predicted molar refractivity (Wildman–Crippen MR) is 177 cm³/mol. The van der Waals surface area contributed by atoms with Crippen LogP contribution < -0.4 is 10.6 Å². The summed E-state index contributed by atoms with van der Waals surface area (Å²) in [4.78, 5) is 53.8. The van der Waals surface area contributed by atoms with Gasteiger partial charge in [-0.3, -0.25) is 19.7 Å². The Morgan fingerprint density at radius 3 is 1.98 bits per heavy atom. The highest BCUT2D eigenvalue weighted by Crippen LogP contribution is 2.26. The number of carbonyl (C=O) groups is 4. The molecule has 3 aromatic carbocycles. The van der Waals surface area contributed by atoms with Gasteiger partial charge in [0.15, 0.2) is 0 Å². The number of ether oxygens (including phenoxy) is 1. The number of aliphatic carboxylic acids is 1. The van der Waals surface area contributed by atoms with Gasteiger partial charge in [0.1, 0.15) is 12.1 Å². The second-order valence-corrected chi connectivity index (χ2v) is 11.2. The molecule has 0 aliphatic heterocycles. The molecule has 1 aliphatic rings. The number of halogens is 1. The number of amides is 2. The summed E-state index contributed by atoms with van der Waals surface area (Å²) in [5, 5.41) is 15.6. The van der Waals surface area contributed by atoms with Gasteiger partial charge in [-0.25, -0.2) is 4.79 Å². The van der Waals surface area contributed by atoms with Crippen LogP contribution in [0.15, 0.2) is 84.9 Å². The fourth-order valence-electron chi connectivity index (χ4n) is 5.68. The summed E-state index contributed by atoms with van der Waals surface area (Å²) in [6.45, 7) is 3.32. The molecule has 9 nitrogen and oxygen atoms in total. The standard InChI is InChI=1S/C35H41N3O6.BrH/c1-3-44-35(43)30(19-18-25-12-6-4-7-13-25)36-24(2)33(40)38(29-21-27-16-10-11-17-28(27)22-29)23-32(39)37-31(34(41)42)20-26-14-8-5-9-15-26;/h4-17,24,29-31,36H,3,18-23H2,1-2H3,(H,37,39)(H,41,42);1H/t24-,30-,31-;/m0./s1. The largest absolute Gasteiger partial charge is 0.480 e. The van der Waals surface area contributed by atoms with Gasteiger partial charge in [-0.1, -0.05) is 84.9 Å². The maximum absolute atomic E-state index is 14.0. The molecule has 0 saturated carbocycles. The Morgan fingerprint density at radius 2 is 1.42 bits per heavy atom. The van der Waals surface area contributed by atoms with Crippen LogP contribution in [0.25, 0.3) is 0 Å². The van der Waals surface area contributed by atoms with E-state index >= 15 is 0 Å². The zero-order valence-corrected chi connectivity index (χ0v) is 27.4. The van der Waals surface area contributed by atoms with E-state index in [0.717, 1.165) is 22.3 Å². The normalized spacial score (nSPS) is 14.3. The minimum absolute atomic E-state index is 0. The fraction of sp³-hybridized carbons (Fsp3) is 0.371. The highest BCUT2D eigenvalue weighted by atomic mass is 79.9. The molecule has 3 aromatic rings. The Morgan fingerprint density at radius 1 is 0.867 bits per heavy atom. The molecule has 3 N–H and O–H groups in total. The molecule has 0 saturated heterocycles. The SMILES string of the molecule is Br.CCOC(=O)[C@H](CCc1ccccc1)N[C@@H](C)C(=O)N(CC(=O)N[C@@H](Cc1ccccc1)C(=O)O)C1Cc2ccccc2C1. The van der Waals surface area contributed by atoms with E-state index in [1.54, 1.807) is 26.0 Å². The molecule has 1 aliphatic carbocycles. The van der Waals surface area contributed by atoms with E-state index in [0.29, 0.717) is 25.7 Å². The summed E-state index contributed by atoms with van der Waals surface area (Å²) in [5.74, 6) is -2.50. The first-order valence-electron chi connectivity index (χ1n) is 15.1. The Labute approximate surface area is 275 Å². The zero-order valence-electron chi connectivity index (χ0n) is 25.7. The van der Waals surface area contributed by atoms with Gasteiger partial charge in [-0.05, 0) is 61.8 Å². The molecular weight excluding hydrogens is 638 g/mol. The van der Waals surface area contributed by atoms with Gasteiger partial charge in [0, 0.05) is 12.5 Å². The average Bonchev–Trinajstić information content (AvgIpc) is 3.46. The van der Waals surface area contributed by atoms with E-state index in [4.69, 9.17) is 4.74 Å². The van der Waals surface area contributed by atoms with Gasteiger partial charge in [-0.15, -0.1) is 17.0 Å². The smallest absolute Gasteiger partial charge is 0.326 e. The number of benzene rings is 3. The second kappa shape index (κ2) is 17.5. The average molecular weight is 681 g/mol. The summed E-state index contributed by atoms with van der Waals surface area (Å²) in [7, 11) is 0. The number of rotatable bonds is 15. The molecule has 0 bridgehead atoms. The third-order valence-electron chi connectivity index (χ3n) is 7.94. The van der Waals surface area contributed by atoms with E-state index in [1.807, 2.05) is 72.8 Å². The Hall–Kier alpha value is -4.02. The molecule has 10 heteroatoms. The maximum atomic E-state index is 14.0. The van der Waals surface area contributed by atoms with Crippen LogP contribution in [0.5, 0.6) is 0 Å². The van der Waals surface area contributed by atoms with E-state index in [-0.39, 0.29) is 48.5 Å². The molecule has 0 fully saturated rings. The number of fused-ring (bicyclic) bond motifs is 1. The van der Waals surface area contributed by atoms with Crippen molar-refractivity contribution in [2.75, 3.05) is 13.2 Å². The van der Waals surface area contributed by atoms with Gasteiger partial charge in [0.25, 0.3) is 0 Å². The number of aryl methyl sites for hydroxylation is 1. The van der Waals surface area contributed by atoms with Crippen LogP contribution in [-0.4, -0.2) is 71.1 Å². The van der Waals surface area contributed by atoms with Crippen molar-refractivity contribution >= 4 is 40.7 Å². The highest BCUT2D eigenvalue weighted by molar-refractivity contribution is 8.93. The summed E-state index contributed by atoms with van der Waals surface area (Å²) in [6.07, 6.45) is 2.30. The molecule has 0 unspecified atom stereocenters. The number of hydrogen-bond acceptors (Lipinski definition) is 6. The summed E-state index contributed by atoms with van der Waals surface area (Å²) < 4.78 is 5.31. The lowest BCUT2D eigenvalue weighted by Gasteiger charge is -2.32. The van der Waals surface area contributed by atoms with Crippen LogP contribution in [0, 0.1) is 0 Å². The minimum Gasteiger partial charge on any atom is -0.480 e. The van der Waals surface area contributed by atoms with Crippen LogP contribution in [-0.2, 0) is 49.6 Å². The first kappa shape index (κ1) is 35.5. The number of esters is 1. The number of carbonyl (C=O) groups excluding carboxylic acids is 3. The third-order valence-corrected chi connectivity index (χ3v) is 7.94. The van der Waals surface area contributed by atoms with Crippen molar-refractivity contribution in [1.29, 1.82) is 0 Å². The molecule has 45 heavy (non-hydrogen) atoms. The van der Waals surface area contributed by atoms with Crippen LogP contribution >= 0.6 is 17.0 Å². The highest BCUT2D eigenvalue weighted by Gasteiger charge is 2.35. The first-order valence-corrected chi connectivity index (χ1v) is 15.1. The van der Waals surface area contributed by atoms with E-state index in [1.165, 1.54) is 4.90 Å². The molecule has 3 atom stereocenters. The van der Waals surface area contributed by atoms with Gasteiger partial charge in [0.05, 0.1) is 19.2 Å². The number of carboxylic acid groups (broad SMARTS) is 1. The van der Waals surface area contributed by atoms with Gasteiger partial charge >= 0.3 is 11.9 Å². The first-order chi connectivity index (χ1) is 21.2. The predicted octanol–water partition coefficient (Wildman–Crippen LogP) is 3.92. The maximum Gasteiger partial charge on any atom is 0.326 e. The number of hydrogen-bond donors (Lipinski definition) is 3. The summed E-state index contributed by atoms with van der Waals surface area (Å²) in [6, 6.07) is 23.8. The van der Waals surface area contributed by atoms with Crippen molar-refractivity contribution in [2.45, 2.75) is 70.1 Å². The van der Waals surface area contributed by atoms with Crippen molar-refractivity contribution in [3.05, 3.63) is 107 Å². The van der Waals surface area contributed by atoms with Crippen molar-refractivity contribution in [3.8, 4) is 0 Å². The van der Waals surface area contributed by atoms with Gasteiger partial charge in [-0.2, -0.15) is 0 Å². The number of nitrogens with one attached hydrogen (secondary N) is 2. The van der Waals surface area contributed by atoms with Crippen LogP contribution in [0.2, 0.25) is 0 Å². The molecule has 0 heterocycles. The summed E-state index contributed by atoms with van der Waals surface area (Å²) >= 11 is 0. The molecular formula is C35H42BrN3O6.